The fourth-order valence-electron chi connectivity index (χ4n) is 1.68. The van der Waals surface area contributed by atoms with Crippen LogP contribution in [0.1, 0.15) is 13.8 Å². The average molecular weight is 345 g/mol. The van der Waals surface area contributed by atoms with E-state index in [1.54, 1.807) is 11.9 Å². The molecule has 0 spiro atoms. The van der Waals surface area contributed by atoms with Crippen molar-refractivity contribution in [1.29, 1.82) is 0 Å². The van der Waals surface area contributed by atoms with Crippen LogP contribution in [0.2, 0.25) is 10.0 Å². The Morgan fingerprint density at radius 1 is 1.23 bits per heavy atom. The number of nitrogens with zero attached hydrogens (tertiary/aromatic N) is 3. The van der Waals surface area contributed by atoms with Crippen molar-refractivity contribution < 1.29 is 9.13 Å². The fourth-order valence-corrected chi connectivity index (χ4v) is 2.26. The molecule has 0 aliphatic rings. The summed E-state index contributed by atoms with van der Waals surface area (Å²) in [5.74, 6) is -0.732. The van der Waals surface area contributed by atoms with Crippen molar-refractivity contribution in [2.75, 3.05) is 17.7 Å². The number of hydrogen-bond acceptors (Lipinski definition) is 5. The molecule has 0 bridgehead atoms. The molecule has 2 N–H and O–H groups in total. The topological polar surface area (TPSA) is 64.3 Å². The molecule has 0 radical (unpaired) electrons. The molecule has 0 saturated carbocycles. The number of nitrogen functional groups attached to an aromatic ring is 1. The Balaban J connectivity index is 2.41. The van der Waals surface area contributed by atoms with Crippen LogP contribution in [0.25, 0.3) is 0 Å². The Kier molecular flexibility index (Phi) is 4.93. The third-order valence-electron chi connectivity index (χ3n) is 3.07. The van der Waals surface area contributed by atoms with Gasteiger partial charge in [0.15, 0.2) is 11.6 Å². The first-order chi connectivity index (χ1) is 10.3. The number of ether oxygens (including phenoxy) is 1. The number of hydrogen-bond donors (Lipinski definition) is 1. The van der Waals surface area contributed by atoms with Gasteiger partial charge in [0.1, 0.15) is 6.33 Å². The Morgan fingerprint density at radius 3 is 2.36 bits per heavy atom. The number of halogens is 3. The van der Waals surface area contributed by atoms with Gasteiger partial charge in [-0.15, -0.1) is 0 Å². The fraction of sp³-hybridized carbons (Fsp3) is 0.286. The molecule has 1 aromatic carbocycles. The molecule has 0 fully saturated rings. The second kappa shape index (κ2) is 6.54. The predicted octanol–water partition coefficient (Wildman–Crippen LogP) is 4.14. The van der Waals surface area contributed by atoms with Crippen LogP contribution in [0, 0.1) is 5.82 Å². The summed E-state index contributed by atoms with van der Waals surface area (Å²) in [4.78, 5) is 9.39. The molecule has 0 aliphatic heterocycles. The van der Waals surface area contributed by atoms with Gasteiger partial charge in [-0.25, -0.2) is 4.98 Å². The summed E-state index contributed by atoms with van der Waals surface area (Å²) in [5.41, 5.74) is 6.00. The lowest BCUT2D eigenvalue weighted by molar-refractivity contribution is 0.419. The smallest absolute Gasteiger partial charge is 0.261 e. The van der Waals surface area contributed by atoms with Gasteiger partial charge in [-0.2, -0.15) is 9.37 Å². The summed E-state index contributed by atoms with van der Waals surface area (Å²) in [6.45, 7) is 3.82. The van der Waals surface area contributed by atoms with Gasteiger partial charge >= 0.3 is 0 Å². The van der Waals surface area contributed by atoms with Crippen molar-refractivity contribution in [1.82, 2.24) is 9.97 Å². The highest BCUT2D eigenvalue weighted by atomic mass is 35.5. The van der Waals surface area contributed by atoms with Crippen LogP contribution >= 0.6 is 23.2 Å². The third-order valence-corrected chi connectivity index (χ3v) is 3.63. The molecule has 2 aromatic rings. The molecule has 0 saturated heterocycles. The summed E-state index contributed by atoms with van der Waals surface area (Å²) in [7, 11) is 1.73. The van der Waals surface area contributed by atoms with Crippen molar-refractivity contribution in [2.45, 2.75) is 19.9 Å². The Morgan fingerprint density at radius 2 is 1.82 bits per heavy atom. The highest BCUT2D eigenvalue weighted by Gasteiger charge is 2.20. The molecule has 0 amide bonds. The minimum Gasteiger partial charge on any atom is -0.433 e. The molecular formula is C14H15Cl2FN4O. The molecule has 0 unspecified atom stereocenters. The number of aromatic nitrogens is 2. The Hall–Kier alpha value is -1.79. The quantitative estimate of drug-likeness (QED) is 0.844. The first-order valence-electron chi connectivity index (χ1n) is 6.47. The van der Waals surface area contributed by atoms with E-state index >= 15 is 0 Å². The van der Waals surface area contributed by atoms with Gasteiger partial charge in [0.05, 0.1) is 10.0 Å². The Labute approximate surface area is 137 Å². The molecule has 0 atom stereocenters. The maximum Gasteiger partial charge on any atom is 0.261 e. The normalized spacial score (nSPS) is 10.9. The van der Waals surface area contributed by atoms with Gasteiger partial charge in [0.2, 0.25) is 5.82 Å². The zero-order valence-corrected chi connectivity index (χ0v) is 13.8. The van der Waals surface area contributed by atoms with Crippen molar-refractivity contribution in [3.63, 3.8) is 0 Å². The van der Waals surface area contributed by atoms with Gasteiger partial charge in [0, 0.05) is 18.8 Å². The van der Waals surface area contributed by atoms with Crippen LogP contribution in [-0.4, -0.2) is 23.1 Å². The van der Waals surface area contributed by atoms with E-state index in [4.69, 9.17) is 33.7 Å². The second-order valence-electron chi connectivity index (χ2n) is 4.94. The van der Waals surface area contributed by atoms with Crippen molar-refractivity contribution in [3.8, 4) is 11.6 Å². The number of nitrogens with two attached hydrogens (primary N) is 1. The first kappa shape index (κ1) is 16.6. The molecule has 8 heteroatoms. The number of benzene rings is 1. The summed E-state index contributed by atoms with van der Waals surface area (Å²) >= 11 is 12.0. The highest BCUT2D eigenvalue weighted by molar-refractivity contribution is 6.37. The second-order valence-corrected chi connectivity index (χ2v) is 5.75. The third kappa shape index (κ3) is 3.34. The lowest BCUT2D eigenvalue weighted by Gasteiger charge is -2.23. The minimum atomic E-state index is -0.692. The Bertz CT molecular complexity index is 674. The van der Waals surface area contributed by atoms with Gasteiger partial charge in [0.25, 0.3) is 5.88 Å². The van der Waals surface area contributed by atoms with Crippen LogP contribution < -0.4 is 15.4 Å². The van der Waals surface area contributed by atoms with E-state index in [9.17, 15) is 4.39 Å². The molecular weight excluding hydrogens is 330 g/mol. The summed E-state index contributed by atoms with van der Waals surface area (Å²) in [5, 5.41) is 0.337. The molecule has 2 rings (SSSR count). The zero-order valence-electron chi connectivity index (χ0n) is 12.3. The molecule has 1 heterocycles. The summed E-state index contributed by atoms with van der Waals surface area (Å²) in [6.07, 6.45) is 1.21. The van der Waals surface area contributed by atoms with Crippen LogP contribution in [0.3, 0.4) is 0 Å². The number of anilines is 2. The van der Waals surface area contributed by atoms with Gasteiger partial charge in [-0.05, 0) is 26.0 Å². The van der Waals surface area contributed by atoms with Gasteiger partial charge in [-0.1, -0.05) is 23.2 Å². The largest absolute Gasteiger partial charge is 0.433 e. The highest BCUT2D eigenvalue weighted by Crippen LogP contribution is 2.38. The average Bonchev–Trinajstić information content (AvgIpc) is 2.43. The lowest BCUT2D eigenvalue weighted by Crippen LogP contribution is -2.27. The molecule has 0 aliphatic carbocycles. The summed E-state index contributed by atoms with van der Waals surface area (Å²) in [6, 6.07) is 2.98. The van der Waals surface area contributed by atoms with Crippen molar-refractivity contribution in [2.24, 2.45) is 0 Å². The van der Waals surface area contributed by atoms with E-state index in [0.717, 1.165) is 0 Å². The first-order valence-corrected chi connectivity index (χ1v) is 7.22. The maximum absolute atomic E-state index is 14.5. The minimum absolute atomic E-state index is 0.0564. The van der Waals surface area contributed by atoms with Crippen molar-refractivity contribution >= 4 is 34.7 Å². The number of rotatable bonds is 4. The standard InChI is InChI=1S/C14H15Cl2FN4O/c1-7(2)21(3)13-11(17)14(20-6-19-13)22-12-9(15)4-8(18)5-10(12)16/h4-7H,18H2,1-3H3. The van der Waals surface area contributed by atoms with Crippen LogP contribution in [0.4, 0.5) is 15.9 Å². The van der Waals surface area contributed by atoms with E-state index in [0.29, 0.717) is 5.69 Å². The van der Waals surface area contributed by atoms with Crippen molar-refractivity contribution in [3.05, 3.63) is 34.3 Å². The molecule has 5 nitrogen and oxygen atoms in total. The van der Waals surface area contributed by atoms with E-state index in [1.807, 2.05) is 13.8 Å². The van der Waals surface area contributed by atoms with E-state index < -0.39 is 5.82 Å². The van der Waals surface area contributed by atoms with E-state index in [1.165, 1.54) is 18.5 Å². The zero-order chi connectivity index (χ0) is 16.4. The van der Waals surface area contributed by atoms with Gasteiger partial charge < -0.3 is 15.4 Å². The monoisotopic (exact) mass is 344 g/mol. The van der Waals surface area contributed by atoms with Crippen LogP contribution in [-0.2, 0) is 0 Å². The SMILES string of the molecule is CC(C)N(C)c1ncnc(Oc2c(Cl)cc(N)cc2Cl)c1F. The summed E-state index contributed by atoms with van der Waals surface area (Å²) < 4.78 is 19.9. The predicted molar refractivity (Wildman–Crippen MR) is 86.5 cm³/mol. The maximum atomic E-state index is 14.5. The molecule has 22 heavy (non-hydrogen) atoms. The molecule has 118 valence electrons. The van der Waals surface area contributed by atoms with Gasteiger partial charge in [-0.3, -0.25) is 0 Å². The lowest BCUT2D eigenvalue weighted by atomic mass is 10.3. The van der Waals surface area contributed by atoms with Crippen LogP contribution in [0.5, 0.6) is 11.6 Å². The van der Waals surface area contributed by atoms with Crippen LogP contribution in [0.15, 0.2) is 18.5 Å². The van der Waals surface area contributed by atoms with E-state index in [-0.39, 0.29) is 33.5 Å². The van der Waals surface area contributed by atoms with E-state index in [2.05, 4.69) is 9.97 Å². The molecule has 1 aromatic heterocycles.